The Labute approximate surface area is 146 Å². The van der Waals surface area contributed by atoms with Gasteiger partial charge in [-0.15, -0.1) is 0 Å². The van der Waals surface area contributed by atoms with Crippen LogP contribution in [0, 0.1) is 0 Å². The number of phenolic OH excluding ortho intramolecular Hbond substituents is 1. The standard InChI is InChI=1S/C18H21N3O4/c1-19-17(23)13-5-3-4-12(8-13)10-20-18(24)21-11-14-9-15(25-2)6-7-16(14)22/h3-9,22H,10-11H2,1-2H3,(H,19,23)(H2,20,21,24). The van der Waals surface area contributed by atoms with Crippen molar-refractivity contribution in [2.75, 3.05) is 14.2 Å². The van der Waals surface area contributed by atoms with Crippen LogP contribution >= 0.6 is 0 Å². The molecule has 3 amide bonds. The molecule has 0 fully saturated rings. The fraction of sp³-hybridized carbons (Fsp3) is 0.222. The Balaban J connectivity index is 1.88. The van der Waals surface area contributed by atoms with E-state index in [1.54, 1.807) is 37.4 Å². The smallest absolute Gasteiger partial charge is 0.315 e. The van der Waals surface area contributed by atoms with Gasteiger partial charge in [0, 0.05) is 31.3 Å². The molecule has 0 aromatic heterocycles. The van der Waals surface area contributed by atoms with Crippen molar-refractivity contribution in [2.24, 2.45) is 0 Å². The summed E-state index contributed by atoms with van der Waals surface area (Å²) in [4.78, 5) is 23.5. The quantitative estimate of drug-likeness (QED) is 0.642. The number of aromatic hydroxyl groups is 1. The molecule has 0 bridgehead atoms. The van der Waals surface area contributed by atoms with Crippen LogP contribution in [-0.2, 0) is 13.1 Å². The summed E-state index contributed by atoms with van der Waals surface area (Å²) >= 11 is 0. The largest absolute Gasteiger partial charge is 0.508 e. The van der Waals surface area contributed by atoms with Crippen LogP contribution in [0.25, 0.3) is 0 Å². The molecule has 0 aliphatic heterocycles. The van der Waals surface area contributed by atoms with Gasteiger partial charge in [0.25, 0.3) is 5.91 Å². The maximum absolute atomic E-state index is 11.9. The highest BCUT2D eigenvalue weighted by Gasteiger charge is 2.07. The molecular weight excluding hydrogens is 322 g/mol. The fourth-order valence-electron chi connectivity index (χ4n) is 2.22. The summed E-state index contributed by atoms with van der Waals surface area (Å²) < 4.78 is 5.09. The second-order valence-corrected chi connectivity index (χ2v) is 5.31. The maximum Gasteiger partial charge on any atom is 0.315 e. The normalized spacial score (nSPS) is 10.0. The first-order valence-corrected chi connectivity index (χ1v) is 7.72. The van der Waals surface area contributed by atoms with Gasteiger partial charge in [0.1, 0.15) is 11.5 Å². The summed E-state index contributed by atoms with van der Waals surface area (Å²) in [6.07, 6.45) is 0. The lowest BCUT2D eigenvalue weighted by Gasteiger charge is -2.10. The number of urea groups is 1. The van der Waals surface area contributed by atoms with Crippen molar-refractivity contribution in [1.29, 1.82) is 0 Å². The molecule has 0 atom stereocenters. The van der Waals surface area contributed by atoms with Gasteiger partial charge >= 0.3 is 6.03 Å². The minimum atomic E-state index is -0.382. The van der Waals surface area contributed by atoms with Crippen molar-refractivity contribution < 1.29 is 19.4 Å². The van der Waals surface area contributed by atoms with E-state index in [0.717, 1.165) is 5.56 Å². The van der Waals surface area contributed by atoms with Crippen molar-refractivity contribution in [3.63, 3.8) is 0 Å². The van der Waals surface area contributed by atoms with E-state index in [-0.39, 0.29) is 30.8 Å². The van der Waals surface area contributed by atoms with E-state index in [0.29, 0.717) is 16.9 Å². The van der Waals surface area contributed by atoms with Crippen molar-refractivity contribution in [3.05, 3.63) is 59.2 Å². The zero-order valence-electron chi connectivity index (χ0n) is 14.1. The van der Waals surface area contributed by atoms with Crippen LogP contribution in [0.2, 0.25) is 0 Å². The second kappa shape index (κ2) is 8.58. The van der Waals surface area contributed by atoms with Gasteiger partial charge < -0.3 is 25.8 Å². The van der Waals surface area contributed by atoms with Crippen molar-refractivity contribution in [2.45, 2.75) is 13.1 Å². The number of rotatable bonds is 6. The molecule has 4 N–H and O–H groups in total. The number of nitrogens with one attached hydrogen (secondary N) is 3. The molecule has 7 heteroatoms. The van der Waals surface area contributed by atoms with Gasteiger partial charge in [-0.1, -0.05) is 12.1 Å². The Hall–Kier alpha value is -3.22. The Kier molecular flexibility index (Phi) is 6.22. The fourth-order valence-corrected chi connectivity index (χ4v) is 2.22. The highest BCUT2D eigenvalue weighted by molar-refractivity contribution is 5.94. The van der Waals surface area contributed by atoms with Crippen molar-refractivity contribution in [1.82, 2.24) is 16.0 Å². The van der Waals surface area contributed by atoms with Gasteiger partial charge in [-0.3, -0.25) is 4.79 Å². The number of ether oxygens (including phenoxy) is 1. The average molecular weight is 343 g/mol. The highest BCUT2D eigenvalue weighted by atomic mass is 16.5. The Morgan fingerprint density at radius 3 is 2.56 bits per heavy atom. The van der Waals surface area contributed by atoms with E-state index in [4.69, 9.17) is 4.74 Å². The number of benzene rings is 2. The minimum absolute atomic E-state index is 0.0828. The summed E-state index contributed by atoms with van der Waals surface area (Å²) in [5, 5.41) is 17.7. The van der Waals surface area contributed by atoms with Gasteiger partial charge in [-0.05, 0) is 35.9 Å². The minimum Gasteiger partial charge on any atom is -0.508 e. The predicted molar refractivity (Wildman–Crippen MR) is 93.6 cm³/mol. The third-order valence-electron chi connectivity index (χ3n) is 3.60. The summed E-state index contributed by atoms with van der Waals surface area (Å²) in [5.41, 5.74) is 1.89. The topological polar surface area (TPSA) is 99.7 Å². The number of amides is 3. The Morgan fingerprint density at radius 1 is 1.08 bits per heavy atom. The van der Waals surface area contributed by atoms with Crippen LogP contribution in [0.4, 0.5) is 4.79 Å². The zero-order valence-corrected chi connectivity index (χ0v) is 14.1. The number of hydrogen-bond donors (Lipinski definition) is 4. The number of hydrogen-bond acceptors (Lipinski definition) is 4. The molecule has 0 unspecified atom stereocenters. The summed E-state index contributed by atoms with van der Waals surface area (Å²) in [7, 11) is 3.10. The van der Waals surface area contributed by atoms with Crippen LogP contribution < -0.4 is 20.7 Å². The number of phenols is 1. The van der Waals surface area contributed by atoms with E-state index >= 15 is 0 Å². The molecule has 2 aromatic rings. The van der Waals surface area contributed by atoms with Crippen LogP contribution in [0.5, 0.6) is 11.5 Å². The molecule has 0 heterocycles. The molecule has 25 heavy (non-hydrogen) atoms. The Bertz CT molecular complexity index is 762. The molecule has 0 aliphatic carbocycles. The van der Waals surface area contributed by atoms with Crippen LogP contribution in [0.1, 0.15) is 21.5 Å². The molecule has 132 valence electrons. The van der Waals surface area contributed by atoms with Crippen LogP contribution in [0.3, 0.4) is 0 Å². The van der Waals surface area contributed by atoms with Crippen molar-refractivity contribution >= 4 is 11.9 Å². The maximum atomic E-state index is 11.9. The molecule has 0 saturated heterocycles. The second-order valence-electron chi connectivity index (χ2n) is 5.31. The molecule has 2 rings (SSSR count). The first-order valence-electron chi connectivity index (χ1n) is 7.72. The van der Waals surface area contributed by atoms with Gasteiger partial charge in [0.2, 0.25) is 0 Å². The SMILES string of the molecule is CNC(=O)c1cccc(CNC(=O)NCc2cc(OC)ccc2O)c1. The molecule has 0 aliphatic rings. The summed E-state index contributed by atoms with van der Waals surface area (Å²) in [5.74, 6) is 0.500. The lowest BCUT2D eigenvalue weighted by atomic mass is 10.1. The zero-order chi connectivity index (χ0) is 18.2. The Morgan fingerprint density at radius 2 is 1.84 bits per heavy atom. The lowest BCUT2D eigenvalue weighted by Crippen LogP contribution is -2.34. The third-order valence-corrected chi connectivity index (χ3v) is 3.60. The van der Waals surface area contributed by atoms with Gasteiger partial charge in [-0.2, -0.15) is 0 Å². The summed E-state index contributed by atoms with van der Waals surface area (Å²) in [6.45, 7) is 0.438. The van der Waals surface area contributed by atoms with E-state index in [1.165, 1.54) is 13.2 Å². The highest BCUT2D eigenvalue weighted by Crippen LogP contribution is 2.22. The van der Waals surface area contributed by atoms with E-state index in [2.05, 4.69) is 16.0 Å². The first-order chi connectivity index (χ1) is 12.0. The van der Waals surface area contributed by atoms with Crippen molar-refractivity contribution in [3.8, 4) is 11.5 Å². The molecule has 2 aromatic carbocycles. The van der Waals surface area contributed by atoms with Gasteiger partial charge in [0.15, 0.2) is 0 Å². The molecule has 0 radical (unpaired) electrons. The first kappa shape index (κ1) is 18.1. The van der Waals surface area contributed by atoms with Crippen LogP contribution in [-0.4, -0.2) is 31.2 Å². The third kappa shape index (κ3) is 5.13. The van der Waals surface area contributed by atoms with E-state index in [9.17, 15) is 14.7 Å². The van der Waals surface area contributed by atoms with Gasteiger partial charge in [-0.25, -0.2) is 4.79 Å². The molecular formula is C18H21N3O4. The van der Waals surface area contributed by atoms with E-state index < -0.39 is 0 Å². The number of carbonyl (C=O) groups excluding carboxylic acids is 2. The molecule has 0 saturated carbocycles. The predicted octanol–water partition coefficient (Wildman–Crippen LogP) is 1.76. The average Bonchev–Trinajstić information content (AvgIpc) is 2.65. The molecule has 7 nitrogen and oxygen atoms in total. The molecule has 0 spiro atoms. The number of carbonyl (C=O) groups is 2. The van der Waals surface area contributed by atoms with E-state index in [1.807, 2.05) is 6.07 Å². The van der Waals surface area contributed by atoms with Crippen LogP contribution in [0.15, 0.2) is 42.5 Å². The number of methoxy groups -OCH3 is 1. The lowest BCUT2D eigenvalue weighted by molar-refractivity contribution is 0.0963. The summed E-state index contributed by atoms with van der Waals surface area (Å²) in [6, 6.07) is 11.4. The van der Waals surface area contributed by atoms with Gasteiger partial charge in [0.05, 0.1) is 7.11 Å². The monoisotopic (exact) mass is 343 g/mol.